The van der Waals surface area contributed by atoms with Crippen molar-refractivity contribution in [3.8, 4) is 0 Å². The van der Waals surface area contributed by atoms with Crippen LogP contribution in [0.1, 0.15) is 53.3 Å². The minimum atomic E-state index is -0.614. The molecule has 3 heterocycles. The molecule has 2 amide bonds. The summed E-state index contributed by atoms with van der Waals surface area (Å²) in [7, 11) is 1.57. The molecule has 1 aliphatic heterocycles. The van der Waals surface area contributed by atoms with Crippen LogP contribution in [0.25, 0.3) is 0 Å². The first-order valence-corrected chi connectivity index (χ1v) is 8.35. The molecular weight excluding hydrogens is 322 g/mol. The second-order valence-electron chi connectivity index (χ2n) is 6.61. The fourth-order valence-corrected chi connectivity index (χ4v) is 3.07. The van der Waals surface area contributed by atoms with E-state index in [2.05, 4.69) is 15.5 Å². The normalized spacial score (nSPS) is 16.9. The van der Waals surface area contributed by atoms with E-state index in [0.717, 1.165) is 11.6 Å². The van der Waals surface area contributed by atoms with Crippen molar-refractivity contribution in [1.82, 2.24) is 25.0 Å². The lowest BCUT2D eigenvalue weighted by Crippen LogP contribution is -2.53. The van der Waals surface area contributed by atoms with E-state index in [0.29, 0.717) is 23.7 Å². The second-order valence-corrected chi connectivity index (χ2v) is 6.61. The summed E-state index contributed by atoms with van der Waals surface area (Å²) in [5.74, 6) is 2.47. The van der Waals surface area contributed by atoms with Gasteiger partial charge in [0.05, 0.1) is 18.7 Å². The third kappa shape index (κ3) is 2.92. The number of carbonyl (C=O) groups excluding carboxylic acids is 2. The number of aromatic nitrogens is 3. The van der Waals surface area contributed by atoms with Gasteiger partial charge in [-0.25, -0.2) is 0 Å². The number of rotatable bonds is 3. The summed E-state index contributed by atoms with van der Waals surface area (Å²) in [4.78, 5) is 27.1. The van der Waals surface area contributed by atoms with Gasteiger partial charge in [0.1, 0.15) is 23.4 Å². The van der Waals surface area contributed by atoms with E-state index < -0.39 is 6.04 Å². The average Bonchev–Trinajstić information content (AvgIpc) is 3.15. The van der Waals surface area contributed by atoms with Crippen molar-refractivity contribution in [3.05, 3.63) is 34.8 Å². The summed E-state index contributed by atoms with van der Waals surface area (Å²) in [5, 5.41) is 10.8. The highest BCUT2D eigenvalue weighted by atomic mass is 16.3. The van der Waals surface area contributed by atoms with Crippen molar-refractivity contribution in [2.24, 2.45) is 0 Å². The molecule has 0 spiro atoms. The van der Waals surface area contributed by atoms with Crippen LogP contribution in [-0.2, 0) is 17.9 Å². The van der Waals surface area contributed by atoms with Gasteiger partial charge in [0, 0.05) is 13.0 Å². The maximum Gasteiger partial charge on any atom is 0.258 e. The number of aryl methyl sites for hydroxylation is 2. The van der Waals surface area contributed by atoms with Crippen LogP contribution in [0.4, 0.5) is 0 Å². The molecule has 0 radical (unpaired) electrons. The van der Waals surface area contributed by atoms with E-state index in [-0.39, 0.29) is 24.3 Å². The Hall–Kier alpha value is -2.64. The van der Waals surface area contributed by atoms with Gasteiger partial charge in [-0.3, -0.25) is 9.59 Å². The number of fused-ring (bicyclic) bond motifs is 1. The molecule has 0 fully saturated rings. The first-order valence-electron chi connectivity index (χ1n) is 8.35. The van der Waals surface area contributed by atoms with E-state index in [1.165, 1.54) is 0 Å². The van der Waals surface area contributed by atoms with Gasteiger partial charge >= 0.3 is 0 Å². The molecule has 0 aromatic carbocycles. The molecule has 2 aromatic heterocycles. The first-order chi connectivity index (χ1) is 11.8. The lowest BCUT2D eigenvalue weighted by molar-refractivity contribution is -0.126. The summed E-state index contributed by atoms with van der Waals surface area (Å²) in [6, 6.07) is 1.16. The molecule has 8 nitrogen and oxygen atoms in total. The van der Waals surface area contributed by atoms with E-state index in [9.17, 15) is 9.59 Å². The smallest absolute Gasteiger partial charge is 0.258 e. The predicted molar refractivity (Wildman–Crippen MR) is 90.0 cm³/mol. The van der Waals surface area contributed by atoms with Gasteiger partial charge in [-0.1, -0.05) is 13.8 Å². The van der Waals surface area contributed by atoms with Crippen LogP contribution < -0.4 is 5.32 Å². The van der Waals surface area contributed by atoms with Crippen molar-refractivity contribution in [2.45, 2.75) is 52.7 Å². The third-order valence-corrected chi connectivity index (χ3v) is 4.60. The summed E-state index contributed by atoms with van der Waals surface area (Å²) >= 11 is 0. The molecule has 1 aliphatic rings. The Morgan fingerprint density at radius 3 is 2.64 bits per heavy atom. The van der Waals surface area contributed by atoms with Gasteiger partial charge < -0.3 is 19.2 Å². The minimum Gasteiger partial charge on any atom is -0.465 e. The van der Waals surface area contributed by atoms with Gasteiger partial charge in [-0.05, 0) is 19.9 Å². The molecule has 1 atom stereocenters. The molecule has 0 aliphatic carbocycles. The van der Waals surface area contributed by atoms with Crippen molar-refractivity contribution in [1.29, 1.82) is 0 Å². The Labute approximate surface area is 146 Å². The van der Waals surface area contributed by atoms with Crippen LogP contribution in [0.2, 0.25) is 0 Å². The Bertz CT molecular complexity index is 820. The zero-order valence-corrected chi connectivity index (χ0v) is 15.2. The monoisotopic (exact) mass is 345 g/mol. The van der Waals surface area contributed by atoms with Crippen molar-refractivity contribution < 1.29 is 14.0 Å². The summed E-state index contributed by atoms with van der Waals surface area (Å²) in [6.07, 6.45) is 0. The SMILES string of the molecule is CNC(=O)C1Cn2c(C)nnc2CN1C(=O)c1cc(C(C)C)oc1C. The highest BCUT2D eigenvalue weighted by Gasteiger charge is 2.37. The third-order valence-electron chi connectivity index (χ3n) is 4.60. The Morgan fingerprint density at radius 1 is 1.32 bits per heavy atom. The highest BCUT2D eigenvalue weighted by Crippen LogP contribution is 2.26. The number of hydrogen-bond donors (Lipinski definition) is 1. The van der Waals surface area contributed by atoms with Gasteiger partial charge in [0.2, 0.25) is 5.91 Å². The summed E-state index contributed by atoms with van der Waals surface area (Å²) in [6.45, 7) is 8.19. The molecule has 0 bridgehead atoms. The maximum atomic E-state index is 13.1. The topological polar surface area (TPSA) is 93.3 Å². The molecule has 0 saturated heterocycles. The van der Waals surface area contributed by atoms with E-state index in [1.54, 1.807) is 24.9 Å². The Balaban J connectivity index is 1.98. The van der Waals surface area contributed by atoms with Crippen LogP contribution in [0.5, 0.6) is 0 Å². The Morgan fingerprint density at radius 2 is 2.04 bits per heavy atom. The molecule has 2 aromatic rings. The quantitative estimate of drug-likeness (QED) is 0.907. The van der Waals surface area contributed by atoms with Crippen LogP contribution in [0, 0.1) is 13.8 Å². The highest BCUT2D eigenvalue weighted by molar-refractivity contribution is 5.98. The number of amides is 2. The largest absolute Gasteiger partial charge is 0.465 e. The van der Waals surface area contributed by atoms with Gasteiger partial charge in [0.15, 0.2) is 5.82 Å². The molecule has 0 saturated carbocycles. The van der Waals surface area contributed by atoms with Crippen LogP contribution >= 0.6 is 0 Å². The maximum absolute atomic E-state index is 13.1. The molecular formula is C17H23N5O3. The van der Waals surface area contributed by atoms with Crippen LogP contribution in [0.3, 0.4) is 0 Å². The molecule has 3 rings (SSSR count). The molecule has 25 heavy (non-hydrogen) atoms. The summed E-state index contributed by atoms with van der Waals surface area (Å²) in [5.41, 5.74) is 0.488. The van der Waals surface area contributed by atoms with Crippen molar-refractivity contribution in [2.75, 3.05) is 7.05 Å². The zero-order chi connectivity index (χ0) is 18.3. The van der Waals surface area contributed by atoms with Crippen molar-refractivity contribution >= 4 is 11.8 Å². The van der Waals surface area contributed by atoms with Crippen LogP contribution in [-0.4, -0.2) is 44.6 Å². The van der Waals surface area contributed by atoms with Gasteiger partial charge in [0.25, 0.3) is 5.91 Å². The number of nitrogens with zero attached hydrogens (tertiary/aromatic N) is 4. The van der Waals surface area contributed by atoms with E-state index in [4.69, 9.17) is 4.42 Å². The fraction of sp³-hybridized carbons (Fsp3) is 0.529. The molecule has 1 N–H and O–H groups in total. The van der Waals surface area contributed by atoms with Gasteiger partial charge in [-0.15, -0.1) is 10.2 Å². The molecule has 8 heteroatoms. The minimum absolute atomic E-state index is 0.182. The first kappa shape index (κ1) is 17.2. The van der Waals surface area contributed by atoms with Gasteiger partial charge in [-0.2, -0.15) is 0 Å². The van der Waals surface area contributed by atoms with Crippen molar-refractivity contribution in [3.63, 3.8) is 0 Å². The average molecular weight is 345 g/mol. The molecule has 1 unspecified atom stereocenters. The number of carbonyl (C=O) groups is 2. The fourth-order valence-electron chi connectivity index (χ4n) is 3.07. The van der Waals surface area contributed by atoms with E-state index >= 15 is 0 Å². The zero-order valence-electron chi connectivity index (χ0n) is 15.2. The lowest BCUT2D eigenvalue weighted by Gasteiger charge is -2.34. The number of furan rings is 1. The lowest BCUT2D eigenvalue weighted by atomic mass is 10.1. The predicted octanol–water partition coefficient (Wildman–Crippen LogP) is 1.38. The standard InChI is InChI=1S/C17H23N5O3/c1-9(2)14-6-12(10(3)25-14)17(24)22-8-15-20-19-11(4)21(15)7-13(22)16(23)18-5/h6,9,13H,7-8H2,1-5H3,(H,18,23). The molecule has 134 valence electrons. The summed E-state index contributed by atoms with van der Waals surface area (Å²) < 4.78 is 7.58. The second kappa shape index (κ2) is 6.34. The Kier molecular flexibility index (Phi) is 4.36. The number of nitrogens with one attached hydrogen (secondary N) is 1. The number of hydrogen-bond acceptors (Lipinski definition) is 5. The van der Waals surface area contributed by atoms with E-state index in [1.807, 2.05) is 25.3 Å². The number of likely N-dealkylation sites (N-methyl/N-ethyl adjacent to an activating group) is 1. The van der Waals surface area contributed by atoms with Crippen LogP contribution in [0.15, 0.2) is 10.5 Å².